The Balaban J connectivity index is 1.70. The van der Waals surface area contributed by atoms with Crippen LogP contribution in [-0.4, -0.2) is 32.1 Å². The van der Waals surface area contributed by atoms with Gasteiger partial charge in [0, 0.05) is 13.0 Å². The van der Waals surface area contributed by atoms with Gasteiger partial charge in [-0.15, -0.1) is 0 Å². The van der Waals surface area contributed by atoms with Crippen LogP contribution < -0.4 is 20.1 Å². The third kappa shape index (κ3) is 5.41. The van der Waals surface area contributed by atoms with Crippen LogP contribution in [0.25, 0.3) is 0 Å². The molecule has 0 saturated carbocycles. The Bertz CT molecular complexity index is 971. The van der Waals surface area contributed by atoms with Crippen molar-refractivity contribution in [2.75, 3.05) is 14.2 Å². The van der Waals surface area contributed by atoms with Crippen molar-refractivity contribution in [1.29, 1.82) is 0 Å². The monoisotopic (exact) mass is 408 g/mol. The Hall–Kier alpha value is -3.74. The van der Waals surface area contributed by atoms with E-state index in [9.17, 15) is 9.59 Å². The molecular weight excluding hydrogens is 384 g/mol. The van der Waals surface area contributed by atoms with Crippen LogP contribution in [0.1, 0.15) is 21.7 Å². The molecule has 7 heteroatoms. The molecule has 7 nitrogen and oxygen atoms in total. The summed E-state index contributed by atoms with van der Waals surface area (Å²) in [6, 6.07) is 17.3. The molecule has 2 aromatic carbocycles. The van der Waals surface area contributed by atoms with Gasteiger partial charge < -0.3 is 24.5 Å². The summed E-state index contributed by atoms with van der Waals surface area (Å²) in [5.74, 6) is 0.605. The van der Waals surface area contributed by atoms with Crippen molar-refractivity contribution >= 4 is 11.8 Å². The van der Waals surface area contributed by atoms with Crippen LogP contribution in [0.5, 0.6) is 11.5 Å². The van der Waals surface area contributed by atoms with Gasteiger partial charge in [0.1, 0.15) is 6.04 Å². The third-order valence-corrected chi connectivity index (χ3v) is 4.56. The number of rotatable bonds is 9. The van der Waals surface area contributed by atoms with E-state index < -0.39 is 11.9 Å². The summed E-state index contributed by atoms with van der Waals surface area (Å²) in [5.41, 5.74) is 1.78. The summed E-state index contributed by atoms with van der Waals surface area (Å²) in [6.07, 6.45) is 1.77. The molecule has 0 bridgehead atoms. The molecule has 2 N–H and O–H groups in total. The van der Waals surface area contributed by atoms with Crippen molar-refractivity contribution in [2.45, 2.75) is 19.0 Å². The number of nitrogens with one attached hydrogen (secondary N) is 2. The predicted molar refractivity (Wildman–Crippen MR) is 112 cm³/mol. The molecule has 1 heterocycles. The molecular formula is C23H24N2O5. The molecule has 30 heavy (non-hydrogen) atoms. The van der Waals surface area contributed by atoms with E-state index in [0.29, 0.717) is 17.9 Å². The first-order valence-electron chi connectivity index (χ1n) is 9.47. The summed E-state index contributed by atoms with van der Waals surface area (Å²) < 4.78 is 15.7. The van der Waals surface area contributed by atoms with Gasteiger partial charge in [0.05, 0.1) is 20.5 Å². The molecule has 3 aromatic rings. The van der Waals surface area contributed by atoms with Gasteiger partial charge in [-0.05, 0) is 35.4 Å². The molecule has 0 unspecified atom stereocenters. The van der Waals surface area contributed by atoms with Gasteiger partial charge in [-0.3, -0.25) is 9.59 Å². The Morgan fingerprint density at radius 1 is 0.933 bits per heavy atom. The van der Waals surface area contributed by atoms with Crippen molar-refractivity contribution in [2.24, 2.45) is 0 Å². The summed E-state index contributed by atoms with van der Waals surface area (Å²) >= 11 is 0. The zero-order valence-electron chi connectivity index (χ0n) is 16.9. The van der Waals surface area contributed by atoms with Crippen LogP contribution in [0.2, 0.25) is 0 Å². The average molecular weight is 408 g/mol. The van der Waals surface area contributed by atoms with E-state index in [-0.39, 0.29) is 18.2 Å². The Labute approximate surface area is 175 Å². The highest BCUT2D eigenvalue weighted by Gasteiger charge is 2.23. The van der Waals surface area contributed by atoms with Crippen LogP contribution in [0, 0.1) is 0 Å². The van der Waals surface area contributed by atoms with Crippen molar-refractivity contribution < 1.29 is 23.5 Å². The first kappa shape index (κ1) is 21.0. The largest absolute Gasteiger partial charge is 0.493 e. The number of furan rings is 1. The van der Waals surface area contributed by atoms with Gasteiger partial charge in [-0.25, -0.2) is 0 Å². The normalized spacial score (nSPS) is 11.4. The van der Waals surface area contributed by atoms with Gasteiger partial charge >= 0.3 is 0 Å². The van der Waals surface area contributed by atoms with E-state index >= 15 is 0 Å². The minimum Gasteiger partial charge on any atom is -0.493 e. The molecule has 0 aliphatic rings. The second-order valence-electron chi connectivity index (χ2n) is 6.60. The van der Waals surface area contributed by atoms with Crippen LogP contribution in [0.4, 0.5) is 0 Å². The number of ether oxygens (including phenoxy) is 2. The number of benzene rings is 2. The second-order valence-corrected chi connectivity index (χ2v) is 6.60. The lowest BCUT2D eigenvalue weighted by Crippen LogP contribution is -2.47. The quantitative estimate of drug-likeness (QED) is 0.568. The fraction of sp³-hybridized carbons (Fsp3) is 0.217. The van der Waals surface area contributed by atoms with E-state index in [1.165, 1.54) is 6.26 Å². The van der Waals surface area contributed by atoms with Gasteiger partial charge in [-0.1, -0.05) is 36.4 Å². The summed E-state index contributed by atoms with van der Waals surface area (Å²) in [7, 11) is 3.12. The number of methoxy groups -OCH3 is 2. The maximum Gasteiger partial charge on any atom is 0.287 e. The van der Waals surface area contributed by atoms with Crippen LogP contribution in [0.3, 0.4) is 0 Å². The number of carbonyl (C=O) groups excluding carboxylic acids is 2. The lowest BCUT2D eigenvalue weighted by atomic mass is 10.0. The smallest absolute Gasteiger partial charge is 0.287 e. The molecule has 0 spiro atoms. The number of hydrogen-bond acceptors (Lipinski definition) is 5. The van der Waals surface area contributed by atoms with Gasteiger partial charge in [0.25, 0.3) is 5.91 Å². The van der Waals surface area contributed by atoms with Gasteiger partial charge in [0.15, 0.2) is 17.3 Å². The fourth-order valence-electron chi connectivity index (χ4n) is 3.00. The standard InChI is InChI=1S/C23H24N2O5/c1-28-19-11-10-17(14-21(19)29-2)15-24-22(26)18(13-16-7-4-3-5-8-16)25-23(27)20-9-6-12-30-20/h3-12,14,18H,13,15H2,1-2H3,(H,24,26)(H,25,27)/t18-/m0/s1. The third-order valence-electron chi connectivity index (χ3n) is 4.56. The SMILES string of the molecule is COc1ccc(CNC(=O)[C@H](Cc2ccccc2)NC(=O)c2ccco2)cc1OC. The first-order chi connectivity index (χ1) is 14.6. The highest BCUT2D eigenvalue weighted by molar-refractivity contribution is 5.95. The first-order valence-corrected chi connectivity index (χ1v) is 9.47. The van der Waals surface area contributed by atoms with E-state index in [4.69, 9.17) is 13.9 Å². The lowest BCUT2D eigenvalue weighted by molar-refractivity contribution is -0.123. The molecule has 0 saturated heterocycles. The maximum atomic E-state index is 12.9. The summed E-state index contributed by atoms with van der Waals surface area (Å²) in [5, 5.41) is 5.63. The number of hydrogen-bond donors (Lipinski definition) is 2. The van der Waals surface area contributed by atoms with Crippen molar-refractivity contribution in [3.05, 3.63) is 83.8 Å². The van der Waals surface area contributed by atoms with Crippen molar-refractivity contribution in [3.8, 4) is 11.5 Å². The minimum atomic E-state index is -0.759. The molecule has 0 aliphatic heterocycles. The lowest BCUT2D eigenvalue weighted by Gasteiger charge is -2.18. The molecule has 156 valence electrons. The molecule has 2 amide bonds. The van der Waals surface area contributed by atoms with Crippen LogP contribution in [0.15, 0.2) is 71.3 Å². The zero-order chi connectivity index (χ0) is 21.3. The molecule has 0 radical (unpaired) electrons. The molecule has 0 aliphatic carbocycles. The van der Waals surface area contributed by atoms with Crippen LogP contribution in [-0.2, 0) is 17.8 Å². The maximum absolute atomic E-state index is 12.9. The molecule has 1 atom stereocenters. The Morgan fingerprint density at radius 3 is 2.37 bits per heavy atom. The average Bonchev–Trinajstić information content (AvgIpc) is 3.32. The molecule has 3 rings (SSSR count). The number of carbonyl (C=O) groups is 2. The highest BCUT2D eigenvalue weighted by Crippen LogP contribution is 2.27. The molecule has 0 fully saturated rings. The topological polar surface area (TPSA) is 89.8 Å². The Kier molecular flexibility index (Phi) is 7.10. The van der Waals surface area contributed by atoms with E-state index in [2.05, 4.69) is 10.6 Å². The highest BCUT2D eigenvalue weighted by atomic mass is 16.5. The second kappa shape index (κ2) is 10.2. The van der Waals surface area contributed by atoms with E-state index in [1.807, 2.05) is 36.4 Å². The van der Waals surface area contributed by atoms with Gasteiger partial charge in [-0.2, -0.15) is 0 Å². The van der Waals surface area contributed by atoms with Crippen LogP contribution >= 0.6 is 0 Å². The predicted octanol–water partition coefficient (Wildman–Crippen LogP) is 2.95. The minimum absolute atomic E-state index is 0.153. The molecule has 1 aromatic heterocycles. The zero-order valence-corrected chi connectivity index (χ0v) is 16.9. The van der Waals surface area contributed by atoms with E-state index in [1.54, 1.807) is 38.5 Å². The fourth-order valence-corrected chi connectivity index (χ4v) is 3.00. The van der Waals surface area contributed by atoms with Crippen molar-refractivity contribution in [3.63, 3.8) is 0 Å². The van der Waals surface area contributed by atoms with Crippen molar-refractivity contribution in [1.82, 2.24) is 10.6 Å². The van der Waals surface area contributed by atoms with Gasteiger partial charge in [0.2, 0.25) is 5.91 Å². The van der Waals surface area contributed by atoms with E-state index in [0.717, 1.165) is 11.1 Å². The summed E-state index contributed by atoms with van der Waals surface area (Å²) in [6.45, 7) is 0.279. The number of amides is 2. The Morgan fingerprint density at radius 2 is 1.70 bits per heavy atom. The summed E-state index contributed by atoms with van der Waals surface area (Å²) in [4.78, 5) is 25.3.